The normalized spacial score (nSPS) is 10.4. The van der Waals surface area contributed by atoms with Crippen molar-refractivity contribution in [1.82, 2.24) is 4.98 Å². The Balaban J connectivity index is 2.43. The van der Waals surface area contributed by atoms with E-state index in [1.54, 1.807) is 6.92 Å². The lowest BCUT2D eigenvalue weighted by molar-refractivity contribution is -0.384. The van der Waals surface area contributed by atoms with Gasteiger partial charge in [-0.05, 0) is 13.0 Å². The van der Waals surface area contributed by atoms with E-state index in [1.165, 1.54) is 18.2 Å². The van der Waals surface area contributed by atoms with Crippen LogP contribution in [0.1, 0.15) is 16.7 Å². The zero-order chi connectivity index (χ0) is 12.4. The van der Waals surface area contributed by atoms with Crippen LogP contribution in [0.25, 0.3) is 10.2 Å². The Morgan fingerprint density at radius 3 is 3.00 bits per heavy atom. The number of rotatable bonds is 3. The number of thiazole rings is 1. The maximum absolute atomic E-state index is 11.4. The second-order valence-electron chi connectivity index (χ2n) is 3.15. The SMILES string of the molecule is CCOC(=O)c1nc2ccc([N+](=O)[O-])cc2s1. The summed E-state index contributed by atoms with van der Waals surface area (Å²) in [4.78, 5) is 25.6. The van der Waals surface area contributed by atoms with Crippen molar-refractivity contribution in [2.24, 2.45) is 0 Å². The Morgan fingerprint density at radius 2 is 2.35 bits per heavy atom. The topological polar surface area (TPSA) is 82.3 Å². The summed E-state index contributed by atoms with van der Waals surface area (Å²) in [5.74, 6) is -0.503. The number of non-ortho nitro benzene ring substituents is 1. The predicted octanol–water partition coefficient (Wildman–Crippen LogP) is 2.38. The summed E-state index contributed by atoms with van der Waals surface area (Å²) in [6.45, 7) is 1.98. The Labute approximate surface area is 100.0 Å². The van der Waals surface area contributed by atoms with Gasteiger partial charge in [0, 0.05) is 12.1 Å². The molecular formula is C10H8N2O4S. The lowest BCUT2D eigenvalue weighted by atomic mass is 10.3. The minimum Gasteiger partial charge on any atom is -0.461 e. The molecular weight excluding hydrogens is 244 g/mol. The molecule has 17 heavy (non-hydrogen) atoms. The summed E-state index contributed by atoms with van der Waals surface area (Å²) in [5.41, 5.74) is 0.542. The fourth-order valence-corrected chi connectivity index (χ4v) is 2.20. The fourth-order valence-electron chi connectivity index (χ4n) is 1.31. The lowest BCUT2D eigenvalue weighted by Crippen LogP contribution is -2.03. The highest BCUT2D eigenvalue weighted by molar-refractivity contribution is 7.20. The largest absolute Gasteiger partial charge is 0.461 e. The molecule has 1 aromatic heterocycles. The van der Waals surface area contributed by atoms with Crippen LogP contribution in [0.4, 0.5) is 5.69 Å². The number of aromatic nitrogens is 1. The first-order valence-electron chi connectivity index (χ1n) is 4.84. The molecule has 7 heteroatoms. The summed E-state index contributed by atoms with van der Waals surface area (Å²) in [5, 5.41) is 10.8. The van der Waals surface area contributed by atoms with E-state index < -0.39 is 10.9 Å². The van der Waals surface area contributed by atoms with E-state index >= 15 is 0 Å². The van der Waals surface area contributed by atoms with Gasteiger partial charge in [-0.1, -0.05) is 0 Å². The van der Waals surface area contributed by atoms with Crippen molar-refractivity contribution in [3.8, 4) is 0 Å². The van der Waals surface area contributed by atoms with E-state index in [9.17, 15) is 14.9 Å². The van der Waals surface area contributed by atoms with Gasteiger partial charge >= 0.3 is 5.97 Å². The van der Waals surface area contributed by atoms with E-state index in [4.69, 9.17) is 4.74 Å². The van der Waals surface area contributed by atoms with Crippen LogP contribution in [-0.2, 0) is 4.74 Å². The molecule has 6 nitrogen and oxygen atoms in total. The van der Waals surface area contributed by atoms with Crippen molar-refractivity contribution in [2.45, 2.75) is 6.92 Å². The molecule has 1 heterocycles. The van der Waals surface area contributed by atoms with Crippen LogP contribution >= 0.6 is 11.3 Å². The maximum atomic E-state index is 11.4. The molecule has 0 saturated heterocycles. The van der Waals surface area contributed by atoms with Gasteiger partial charge < -0.3 is 4.74 Å². The number of fused-ring (bicyclic) bond motifs is 1. The zero-order valence-corrected chi connectivity index (χ0v) is 9.69. The van der Waals surface area contributed by atoms with Crippen LogP contribution in [0.3, 0.4) is 0 Å². The summed E-state index contributed by atoms with van der Waals surface area (Å²) in [6.07, 6.45) is 0. The second-order valence-corrected chi connectivity index (χ2v) is 4.18. The van der Waals surface area contributed by atoms with Crippen molar-refractivity contribution >= 4 is 33.2 Å². The fraction of sp³-hybridized carbons (Fsp3) is 0.200. The minimum atomic E-state index is -0.503. The third kappa shape index (κ3) is 2.23. The first-order valence-corrected chi connectivity index (χ1v) is 5.65. The molecule has 0 fully saturated rings. The number of hydrogen-bond acceptors (Lipinski definition) is 6. The highest BCUT2D eigenvalue weighted by Crippen LogP contribution is 2.26. The van der Waals surface area contributed by atoms with Gasteiger partial charge in [-0.15, -0.1) is 11.3 Å². The first-order chi connectivity index (χ1) is 8.11. The lowest BCUT2D eigenvalue weighted by Gasteiger charge is -1.94. The third-order valence-corrected chi connectivity index (χ3v) is 3.03. The van der Waals surface area contributed by atoms with Crippen LogP contribution in [0.15, 0.2) is 18.2 Å². The van der Waals surface area contributed by atoms with Crippen molar-refractivity contribution in [2.75, 3.05) is 6.61 Å². The van der Waals surface area contributed by atoms with Gasteiger partial charge in [-0.25, -0.2) is 9.78 Å². The number of esters is 1. The Morgan fingerprint density at radius 1 is 1.59 bits per heavy atom. The summed E-state index contributed by atoms with van der Waals surface area (Å²) < 4.78 is 5.41. The van der Waals surface area contributed by atoms with Crippen molar-refractivity contribution < 1.29 is 14.5 Å². The molecule has 0 amide bonds. The van der Waals surface area contributed by atoms with Gasteiger partial charge in [-0.3, -0.25) is 10.1 Å². The summed E-state index contributed by atoms with van der Waals surface area (Å²) >= 11 is 1.09. The Hall–Kier alpha value is -2.02. The van der Waals surface area contributed by atoms with Gasteiger partial charge in [0.15, 0.2) is 0 Å². The van der Waals surface area contributed by atoms with Gasteiger partial charge in [0.1, 0.15) is 0 Å². The number of hydrogen-bond donors (Lipinski definition) is 0. The van der Waals surface area contributed by atoms with E-state index in [0.717, 1.165) is 11.3 Å². The molecule has 0 spiro atoms. The average molecular weight is 252 g/mol. The van der Waals surface area contributed by atoms with Crippen molar-refractivity contribution in [3.63, 3.8) is 0 Å². The second kappa shape index (κ2) is 4.46. The number of carbonyl (C=O) groups is 1. The number of nitro groups is 1. The average Bonchev–Trinajstić information content (AvgIpc) is 2.71. The van der Waals surface area contributed by atoms with Gasteiger partial charge in [0.2, 0.25) is 5.01 Å². The molecule has 0 bridgehead atoms. The molecule has 1 aromatic carbocycles. The number of benzene rings is 1. The molecule has 2 rings (SSSR count). The van der Waals surface area contributed by atoms with Crippen molar-refractivity contribution in [3.05, 3.63) is 33.3 Å². The molecule has 0 N–H and O–H groups in total. The summed E-state index contributed by atoms with van der Waals surface area (Å²) in [6, 6.07) is 4.28. The standard InChI is InChI=1S/C10H8N2O4S/c1-2-16-10(13)9-11-7-4-3-6(12(14)15)5-8(7)17-9/h3-5H,2H2,1H3. The quantitative estimate of drug-likeness (QED) is 0.475. The van der Waals surface area contributed by atoms with E-state index in [-0.39, 0.29) is 17.3 Å². The highest BCUT2D eigenvalue weighted by Gasteiger charge is 2.15. The zero-order valence-electron chi connectivity index (χ0n) is 8.87. The number of carbonyl (C=O) groups excluding carboxylic acids is 1. The highest BCUT2D eigenvalue weighted by atomic mass is 32.1. The molecule has 0 aliphatic heterocycles. The third-order valence-electron chi connectivity index (χ3n) is 2.03. The minimum absolute atomic E-state index is 0.0171. The Kier molecular flexibility index (Phi) is 3.01. The maximum Gasteiger partial charge on any atom is 0.367 e. The molecule has 0 radical (unpaired) electrons. The Bertz CT molecular complexity index is 593. The van der Waals surface area contributed by atoms with E-state index in [2.05, 4.69) is 4.98 Å². The van der Waals surface area contributed by atoms with Crippen LogP contribution in [0.2, 0.25) is 0 Å². The van der Waals surface area contributed by atoms with Crippen molar-refractivity contribution in [1.29, 1.82) is 0 Å². The number of nitro benzene ring substituents is 1. The predicted molar refractivity (Wildman–Crippen MR) is 62.2 cm³/mol. The monoisotopic (exact) mass is 252 g/mol. The molecule has 0 saturated carbocycles. The first kappa shape index (κ1) is 11.5. The van der Waals surface area contributed by atoms with Crippen LogP contribution in [0.5, 0.6) is 0 Å². The van der Waals surface area contributed by atoms with Gasteiger partial charge in [0.25, 0.3) is 5.69 Å². The van der Waals surface area contributed by atoms with E-state index in [0.29, 0.717) is 10.2 Å². The van der Waals surface area contributed by atoms with Gasteiger partial charge in [-0.2, -0.15) is 0 Å². The van der Waals surface area contributed by atoms with Crippen LogP contribution < -0.4 is 0 Å². The van der Waals surface area contributed by atoms with E-state index in [1.807, 2.05) is 0 Å². The molecule has 0 aliphatic rings. The summed E-state index contributed by atoms with van der Waals surface area (Å²) in [7, 11) is 0. The molecule has 0 unspecified atom stereocenters. The molecule has 0 atom stereocenters. The number of nitrogens with zero attached hydrogens (tertiary/aromatic N) is 2. The van der Waals surface area contributed by atoms with Gasteiger partial charge in [0.05, 0.1) is 21.7 Å². The van der Waals surface area contributed by atoms with Crippen LogP contribution in [0, 0.1) is 10.1 Å². The molecule has 88 valence electrons. The molecule has 2 aromatic rings. The smallest absolute Gasteiger partial charge is 0.367 e. The van der Waals surface area contributed by atoms with Crippen LogP contribution in [-0.4, -0.2) is 22.5 Å². The molecule has 0 aliphatic carbocycles. The number of ether oxygens (including phenoxy) is 1.